The average Bonchev–Trinajstić information content (AvgIpc) is 2.74. The molecule has 6 nitrogen and oxygen atoms in total. The van der Waals surface area contributed by atoms with Crippen molar-refractivity contribution < 1.29 is 23.1 Å². The lowest BCUT2D eigenvalue weighted by atomic mass is 10.1. The Balaban J connectivity index is 1.91. The van der Waals surface area contributed by atoms with Gasteiger partial charge in [-0.25, -0.2) is 0 Å². The van der Waals surface area contributed by atoms with Gasteiger partial charge in [-0.05, 0) is 13.8 Å². The molecule has 0 radical (unpaired) electrons. The van der Waals surface area contributed by atoms with Gasteiger partial charge in [-0.3, -0.25) is 14.4 Å². The smallest absolute Gasteiger partial charge is 0.394 e. The standard InChI is InChI=1S/C15H23F3N4O2/c1-11-13(12(2)22(19-11)7-8-23)10-20-3-5-21(6-4-20)14(24)9-15(16,17)18/h23H,3-10H2,1-2H3. The molecule has 0 aromatic carbocycles. The van der Waals surface area contributed by atoms with E-state index in [-0.39, 0.29) is 6.61 Å². The van der Waals surface area contributed by atoms with Gasteiger partial charge < -0.3 is 10.0 Å². The number of halogens is 3. The highest BCUT2D eigenvalue weighted by atomic mass is 19.4. The number of aromatic nitrogens is 2. The Morgan fingerprint density at radius 1 is 1.21 bits per heavy atom. The minimum atomic E-state index is -4.45. The van der Waals surface area contributed by atoms with Crippen molar-refractivity contribution in [2.24, 2.45) is 0 Å². The van der Waals surface area contributed by atoms with Crippen LogP contribution in [0.4, 0.5) is 13.2 Å². The molecule has 9 heteroatoms. The van der Waals surface area contributed by atoms with Gasteiger partial charge >= 0.3 is 6.18 Å². The van der Waals surface area contributed by atoms with E-state index in [0.717, 1.165) is 17.0 Å². The number of hydrogen-bond acceptors (Lipinski definition) is 4. The number of carbonyl (C=O) groups is 1. The summed E-state index contributed by atoms with van der Waals surface area (Å²) in [7, 11) is 0. The van der Waals surface area contributed by atoms with Crippen molar-refractivity contribution in [3.05, 3.63) is 17.0 Å². The van der Waals surface area contributed by atoms with Crippen LogP contribution in [0.2, 0.25) is 0 Å². The summed E-state index contributed by atoms with van der Waals surface area (Å²) in [4.78, 5) is 15.0. The summed E-state index contributed by atoms with van der Waals surface area (Å²) in [5.74, 6) is -0.856. The summed E-state index contributed by atoms with van der Waals surface area (Å²) in [6, 6.07) is 0. The third kappa shape index (κ3) is 4.70. The van der Waals surface area contributed by atoms with Gasteiger partial charge in [0.1, 0.15) is 6.42 Å². The van der Waals surface area contributed by atoms with Gasteiger partial charge in [-0.2, -0.15) is 18.3 Å². The fourth-order valence-corrected chi connectivity index (χ4v) is 2.94. The lowest BCUT2D eigenvalue weighted by Crippen LogP contribution is -2.49. The van der Waals surface area contributed by atoms with Crippen LogP contribution in [-0.2, 0) is 17.9 Å². The Bertz CT molecular complexity index is 578. The third-order valence-electron chi connectivity index (χ3n) is 4.30. The molecule has 2 rings (SSSR count). The summed E-state index contributed by atoms with van der Waals surface area (Å²) in [5, 5.41) is 13.4. The summed E-state index contributed by atoms with van der Waals surface area (Å²) < 4.78 is 38.6. The maximum Gasteiger partial charge on any atom is 0.397 e. The van der Waals surface area contributed by atoms with E-state index < -0.39 is 18.5 Å². The van der Waals surface area contributed by atoms with Crippen molar-refractivity contribution in [2.45, 2.75) is 39.5 Å². The van der Waals surface area contributed by atoms with Crippen molar-refractivity contribution in [2.75, 3.05) is 32.8 Å². The number of aliphatic hydroxyl groups is 1. The topological polar surface area (TPSA) is 61.6 Å². The van der Waals surface area contributed by atoms with Crippen LogP contribution in [-0.4, -0.2) is 69.6 Å². The molecule has 1 fully saturated rings. The van der Waals surface area contributed by atoms with Crippen LogP contribution in [0, 0.1) is 13.8 Å². The lowest BCUT2D eigenvalue weighted by Gasteiger charge is -2.35. The number of aliphatic hydroxyl groups excluding tert-OH is 1. The first-order valence-corrected chi connectivity index (χ1v) is 7.92. The maximum absolute atomic E-state index is 12.3. The largest absolute Gasteiger partial charge is 0.397 e. The molecule has 0 unspecified atom stereocenters. The molecule has 1 amide bonds. The number of alkyl halides is 3. The van der Waals surface area contributed by atoms with Crippen LogP contribution in [0.3, 0.4) is 0 Å². The molecule has 0 aliphatic carbocycles. The molecule has 0 atom stereocenters. The van der Waals surface area contributed by atoms with E-state index in [1.807, 2.05) is 13.8 Å². The highest BCUT2D eigenvalue weighted by Gasteiger charge is 2.34. The van der Waals surface area contributed by atoms with Crippen LogP contribution >= 0.6 is 0 Å². The number of nitrogens with zero attached hydrogens (tertiary/aromatic N) is 4. The summed E-state index contributed by atoms with van der Waals surface area (Å²) in [6.45, 7) is 6.61. The Hall–Kier alpha value is -1.61. The minimum Gasteiger partial charge on any atom is -0.394 e. The van der Waals surface area contributed by atoms with E-state index in [0.29, 0.717) is 39.3 Å². The van der Waals surface area contributed by atoms with Crippen LogP contribution in [0.25, 0.3) is 0 Å². The monoisotopic (exact) mass is 348 g/mol. The van der Waals surface area contributed by atoms with Crippen LogP contribution in [0.15, 0.2) is 0 Å². The molecule has 136 valence electrons. The zero-order valence-corrected chi connectivity index (χ0v) is 13.9. The zero-order valence-electron chi connectivity index (χ0n) is 13.9. The second-order valence-electron chi connectivity index (χ2n) is 6.05. The van der Waals surface area contributed by atoms with Crippen molar-refractivity contribution >= 4 is 5.91 Å². The number of hydrogen-bond donors (Lipinski definition) is 1. The van der Waals surface area contributed by atoms with E-state index in [4.69, 9.17) is 5.11 Å². The van der Waals surface area contributed by atoms with Crippen molar-refractivity contribution in [3.8, 4) is 0 Å². The molecule has 1 aliphatic rings. The number of aryl methyl sites for hydroxylation is 1. The third-order valence-corrected chi connectivity index (χ3v) is 4.30. The van der Waals surface area contributed by atoms with Crippen LogP contribution < -0.4 is 0 Å². The molecule has 2 heterocycles. The highest BCUT2D eigenvalue weighted by molar-refractivity contribution is 5.76. The highest BCUT2D eigenvalue weighted by Crippen LogP contribution is 2.22. The average molecular weight is 348 g/mol. The predicted molar refractivity (Wildman–Crippen MR) is 81.3 cm³/mol. The van der Waals surface area contributed by atoms with Crippen molar-refractivity contribution in [1.29, 1.82) is 0 Å². The summed E-state index contributed by atoms with van der Waals surface area (Å²) in [6.07, 6.45) is -5.84. The van der Waals surface area contributed by atoms with Crippen molar-refractivity contribution in [1.82, 2.24) is 19.6 Å². The maximum atomic E-state index is 12.3. The molecule has 1 aromatic rings. The molecule has 0 bridgehead atoms. The molecule has 1 saturated heterocycles. The van der Waals surface area contributed by atoms with E-state index in [1.54, 1.807) is 4.68 Å². The van der Waals surface area contributed by atoms with Gasteiger partial charge in [0.25, 0.3) is 0 Å². The zero-order chi connectivity index (χ0) is 17.9. The van der Waals surface area contributed by atoms with Crippen LogP contribution in [0.5, 0.6) is 0 Å². The number of amides is 1. The van der Waals surface area contributed by atoms with Gasteiger partial charge in [0.15, 0.2) is 0 Å². The lowest BCUT2D eigenvalue weighted by molar-refractivity contribution is -0.162. The van der Waals surface area contributed by atoms with E-state index in [2.05, 4.69) is 10.00 Å². The fraction of sp³-hybridized carbons (Fsp3) is 0.733. The van der Waals surface area contributed by atoms with E-state index >= 15 is 0 Å². The summed E-state index contributed by atoms with van der Waals surface area (Å²) >= 11 is 0. The minimum absolute atomic E-state index is 0.0153. The van der Waals surface area contributed by atoms with Gasteiger partial charge in [0.05, 0.1) is 18.8 Å². The quantitative estimate of drug-likeness (QED) is 0.865. The first-order chi connectivity index (χ1) is 11.2. The normalized spacial score (nSPS) is 16.7. The first kappa shape index (κ1) is 18.7. The second-order valence-corrected chi connectivity index (χ2v) is 6.05. The number of carbonyl (C=O) groups excluding carboxylic acids is 1. The molecule has 1 aromatic heterocycles. The number of rotatable bonds is 5. The van der Waals surface area contributed by atoms with Gasteiger partial charge in [-0.1, -0.05) is 0 Å². The van der Waals surface area contributed by atoms with Gasteiger partial charge in [0.2, 0.25) is 5.91 Å². The van der Waals surface area contributed by atoms with Gasteiger partial charge in [0, 0.05) is 44.0 Å². The Kier molecular flexibility index (Phi) is 5.87. The molecule has 0 saturated carbocycles. The Morgan fingerprint density at radius 2 is 1.83 bits per heavy atom. The SMILES string of the molecule is Cc1nn(CCO)c(C)c1CN1CCN(C(=O)CC(F)(F)F)CC1. The molecule has 0 spiro atoms. The Morgan fingerprint density at radius 3 is 2.38 bits per heavy atom. The predicted octanol–water partition coefficient (Wildman–Crippen LogP) is 1.09. The van der Waals surface area contributed by atoms with E-state index in [1.165, 1.54) is 4.90 Å². The van der Waals surface area contributed by atoms with Crippen molar-refractivity contribution in [3.63, 3.8) is 0 Å². The first-order valence-electron chi connectivity index (χ1n) is 7.92. The fourth-order valence-electron chi connectivity index (χ4n) is 2.94. The molecule has 1 N–H and O–H groups in total. The Labute approximate surface area is 138 Å². The van der Waals surface area contributed by atoms with E-state index in [9.17, 15) is 18.0 Å². The molecule has 1 aliphatic heterocycles. The van der Waals surface area contributed by atoms with Crippen LogP contribution in [0.1, 0.15) is 23.4 Å². The second kappa shape index (κ2) is 7.52. The van der Waals surface area contributed by atoms with Gasteiger partial charge in [-0.15, -0.1) is 0 Å². The summed E-state index contributed by atoms with van der Waals surface area (Å²) in [5.41, 5.74) is 2.94. The number of piperazine rings is 1. The molecule has 24 heavy (non-hydrogen) atoms. The molecular formula is C15H23F3N4O2. The molecular weight excluding hydrogens is 325 g/mol.